The molecule has 0 unspecified atom stereocenters. The lowest BCUT2D eigenvalue weighted by Crippen LogP contribution is -2.40. The summed E-state index contributed by atoms with van der Waals surface area (Å²) in [5.41, 5.74) is 1.04. The van der Waals surface area contributed by atoms with Crippen LogP contribution in [0.3, 0.4) is 0 Å². The molecule has 0 aromatic carbocycles. The van der Waals surface area contributed by atoms with E-state index in [1.54, 1.807) is 0 Å². The molecule has 0 bridgehead atoms. The number of thioether (sulfide) groups is 1. The zero-order valence-corrected chi connectivity index (χ0v) is 14.6. The van der Waals surface area contributed by atoms with Gasteiger partial charge in [-0.2, -0.15) is 16.7 Å². The molecule has 2 rings (SSSR count). The van der Waals surface area contributed by atoms with Crippen LogP contribution in [-0.4, -0.2) is 52.1 Å². The van der Waals surface area contributed by atoms with Crippen molar-refractivity contribution in [1.29, 1.82) is 0 Å². The third kappa shape index (κ3) is 5.61. The number of aryl methyl sites for hydroxylation is 2. The van der Waals surface area contributed by atoms with Crippen molar-refractivity contribution in [3.8, 4) is 5.88 Å². The Morgan fingerprint density at radius 1 is 1.41 bits per heavy atom. The molecule has 0 N–H and O–H groups in total. The first-order valence-corrected chi connectivity index (χ1v) is 9.29. The molecule has 4 nitrogen and oxygen atoms in total. The van der Waals surface area contributed by atoms with Crippen LogP contribution >= 0.6 is 11.8 Å². The van der Waals surface area contributed by atoms with Crippen LogP contribution in [-0.2, 0) is 6.42 Å². The maximum atomic E-state index is 6.20. The monoisotopic (exact) mass is 321 g/mol. The fourth-order valence-corrected chi connectivity index (χ4v) is 3.55. The van der Waals surface area contributed by atoms with Gasteiger partial charge in [-0.25, -0.2) is 4.98 Å². The fraction of sp³-hybridized carbons (Fsp3) is 0.647. The van der Waals surface area contributed by atoms with E-state index in [1.165, 1.54) is 11.5 Å². The highest BCUT2D eigenvalue weighted by atomic mass is 32.2. The predicted octanol–water partition coefficient (Wildman–Crippen LogP) is 3.11. The Balaban J connectivity index is 2.01. The lowest BCUT2D eigenvalue weighted by molar-refractivity contribution is 0.126. The highest BCUT2D eigenvalue weighted by molar-refractivity contribution is 7.99. The summed E-state index contributed by atoms with van der Waals surface area (Å²) in [5.74, 6) is 3.94. The molecule has 122 valence electrons. The van der Waals surface area contributed by atoms with Crippen LogP contribution < -0.4 is 4.74 Å². The number of ether oxygens (including phenoxy) is 1. The third-order valence-corrected chi connectivity index (χ3v) is 4.72. The van der Waals surface area contributed by atoms with E-state index in [-0.39, 0.29) is 6.10 Å². The van der Waals surface area contributed by atoms with Gasteiger partial charge in [0.2, 0.25) is 5.88 Å². The van der Waals surface area contributed by atoms with Crippen molar-refractivity contribution in [2.75, 3.05) is 31.1 Å². The number of rotatable bonds is 8. The largest absolute Gasteiger partial charge is 0.473 e. The molecule has 1 saturated heterocycles. The topological polar surface area (TPSA) is 38.2 Å². The standard InChI is InChI=1S/C17H27N3OS/c1-4-6-7-16(13-20-8-10-22-11-9-20)21-17-12-15(5-2)18-14(3)19-17/h4,12,16H,1,5-11,13H2,2-3H3/t16-/m0/s1. The van der Waals surface area contributed by atoms with Crippen LogP contribution in [0.25, 0.3) is 0 Å². The molecule has 2 heterocycles. The van der Waals surface area contributed by atoms with Gasteiger partial charge in [0, 0.05) is 42.9 Å². The predicted molar refractivity (Wildman–Crippen MR) is 93.8 cm³/mol. The second kappa shape index (κ2) is 9.16. The Morgan fingerprint density at radius 2 is 2.18 bits per heavy atom. The average Bonchev–Trinajstić information content (AvgIpc) is 2.53. The Hall–Kier alpha value is -1.07. The molecule has 0 saturated carbocycles. The molecule has 0 aliphatic carbocycles. The average molecular weight is 321 g/mol. The normalized spacial score (nSPS) is 17.2. The van der Waals surface area contributed by atoms with Crippen LogP contribution in [0.4, 0.5) is 0 Å². The first-order chi connectivity index (χ1) is 10.7. The van der Waals surface area contributed by atoms with Gasteiger partial charge in [-0.3, -0.25) is 4.90 Å². The first-order valence-electron chi connectivity index (χ1n) is 8.13. The van der Waals surface area contributed by atoms with Gasteiger partial charge in [-0.15, -0.1) is 6.58 Å². The van der Waals surface area contributed by atoms with E-state index in [1.807, 2.05) is 30.8 Å². The van der Waals surface area contributed by atoms with Crippen molar-refractivity contribution >= 4 is 11.8 Å². The summed E-state index contributed by atoms with van der Waals surface area (Å²) >= 11 is 2.04. The highest BCUT2D eigenvalue weighted by Crippen LogP contribution is 2.17. The molecule has 1 atom stereocenters. The zero-order valence-electron chi connectivity index (χ0n) is 13.8. The maximum absolute atomic E-state index is 6.20. The van der Waals surface area contributed by atoms with E-state index in [0.29, 0.717) is 5.88 Å². The van der Waals surface area contributed by atoms with Crippen molar-refractivity contribution < 1.29 is 4.74 Å². The van der Waals surface area contributed by atoms with Crippen LogP contribution in [0.5, 0.6) is 5.88 Å². The van der Waals surface area contributed by atoms with E-state index >= 15 is 0 Å². The van der Waals surface area contributed by atoms with Gasteiger partial charge in [-0.1, -0.05) is 13.0 Å². The summed E-state index contributed by atoms with van der Waals surface area (Å²) in [4.78, 5) is 11.4. The molecule has 1 aliphatic heterocycles. The van der Waals surface area contributed by atoms with E-state index < -0.39 is 0 Å². The van der Waals surface area contributed by atoms with Crippen LogP contribution in [0.1, 0.15) is 31.3 Å². The highest BCUT2D eigenvalue weighted by Gasteiger charge is 2.18. The summed E-state index contributed by atoms with van der Waals surface area (Å²) in [6.45, 7) is 11.1. The molecule has 0 amide bonds. The fourth-order valence-electron chi connectivity index (χ4n) is 2.57. The van der Waals surface area contributed by atoms with Crippen molar-refractivity contribution in [3.05, 3.63) is 30.2 Å². The van der Waals surface area contributed by atoms with Gasteiger partial charge in [-0.05, 0) is 26.2 Å². The number of allylic oxidation sites excluding steroid dienone is 1. The summed E-state index contributed by atoms with van der Waals surface area (Å²) in [7, 11) is 0. The number of nitrogens with zero attached hydrogens (tertiary/aromatic N) is 3. The molecule has 22 heavy (non-hydrogen) atoms. The van der Waals surface area contributed by atoms with Gasteiger partial charge in [0.15, 0.2) is 0 Å². The van der Waals surface area contributed by atoms with Gasteiger partial charge in [0.25, 0.3) is 0 Å². The molecule has 1 aliphatic rings. The lowest BCUT2D eigenvalue weighted by Gasteiger charge is -2.30. The van der Waals surface area contributed by atoms with Crippen molar-refractivity contribution in [2.24, 2.45) is 0 Å². The second-order valence-electron chi connectivity index (χ2n) is 5.62. The molecule has 1 aromatic heterocycles. The van der Waals surface area contributed by atoms with Crippen LogP contribution in [0.2, 0.25) is 0 Å². The van der Waals surface area contributed by atoms with Crippen molar-refractivity contribution in [1.82, 2.24) is 14.9 Å². The number of aromatic nitrogens is 2. The van der Waals surface area contributed by atoms with E-state index in [9.17, 15) is 0 Å². The van der Waals surface area contributed by atoms with Gasteiger partial charge < -0.3 is 4.74 Å². The molecule has 0 spiro atoms. The second-order valence-corrected chi connectivity index (χ2v) is 6.84. The minimum absolute atomic E-state index is 0.167. The first kappa shape index (κ1) is 17.3. The summed E-state index contributed by atoms with van der Waals surface area (Å²) in [6, 6.07) is 1.97. The minimum Gasteiger partial charge on any atom is -0.473 e. The number of hydrogen-bond acceptors (Lipinski definition) is 5. The zero-order chi connectivity index (χ0) is 15.8. The Bertz CT molecular complexity index is 475. The maximum Gasteiger partial charge on any atom is 0.217 e. The number of hydrogen-bond donors (Lipinski definition) is 0. The van der Waals surface area contributed by atoms with Gasteiger partial charge in [0.1, 0.15) is 11.9 Å². The molecule has 1 fully saturated rings. The Kier molecular flexibility index (Phi) is 7.19. The van der Waals surface area contributed by atoms with Crippen LogP contribution in [0.15, 0.2) is 18.7 Å². The summed E-state index contributed by atoms with van der Waals surface area (Å²) < 4.78 is 6.20. The van der Waals surface area contributed by atoms with Crippen molar-refractivity contribution in [2.45, 2.75) is 39.2 Å². The van der Waals surface area contributed by atoms with E-state index in [2.05, 4.69) is 28.4 Å². The molecule has 1 aromatic rings. The van der Waals surface area contributed by atoms with E-state index in [0.717, 1.165) is 50.4 Å². The van der Waals surface area contributed by atoms with Gasteiger partial charge in [0.05, 0.1) is 0 Å². The SMILES string of the molecule is C=CCC[C@@H](CN1CCSCC1)Oc1cc(CC)nc(C)n1. The Morgan fingerprint density at radius 3 is 2.86 bits per heavy atom. The molecular weight excluding hydrogens is 294 g/mol. The minimum atomic E-state index is 0.167. The van der Waals surface area contributed by atoms with Crippen LogP contribution in [0, 0.1) is 6.92 Å². The summed E-state index contributed by atoms with van der Waals surface area (Å²) in [6.07, 6.45) is 4.99. The quantitative estimate of drug-likeness (QED) is 0.688. The molecular formula is C17H27N3OS. The smallest absolute Gasteiger partial charge is 0.217 e. The summed E-state index contributed by atoms with van der Waals surface area (Å²) in [5, 5.41) is 0. The molecule has 0 radical (unpaired) electrons. The molecule has 5 heteroatoms. The third-order valence-electron chi connectivity index (χ3n) is 3.78. The lowest BCUT2D eigenvalue weighted by atomic mass is 10.2. The van der Waals surface area contributed by atoms with Gasteiger partial charge >= 0.3 is 0 Å². The van der Waals surface area contributed by atoms with E-state index in [4.69, 9.17) is 4.74 Å². The Labute approximate surface area is 138 Å². The van der Waals surface area contributed by atoms with Crippen molar-refractivity contribution in [3.63, 3.8) is 0 Å².